The third kappa shape index (κ3) is 2.40. The molecule has 1 heterocycles. The van der Waals surface area contributed by atoms with Gasteiger partial charge < -0.3 is 10.1 Å². The van der Waals surface area contributed by atoms with Crippen LogP contribution >= 0.6 is 0 Å². The summed E-state index contributed by atoms with van der Waals surface area (Å²) in [6.45, 7) is 1.94. The van der Waals surface area contributed by atoms with E-state index in [1.165, 1.54) is 6.07 Å². The molecule has 1 aromatic rings. The van der Waals surface area contributed by atoms with Crippen molar-refractivity contribution in [2.75, 3.05) is 0 Å². The average Bonchev–Trinajstić information content (AvgIpc) is 2.03. The van der Waals surface area contributed by atoms with Crippen molar-refractivity contribution in [3.05, 3.63) is 27.9 Å². The molecule has 13 heavy (non-hydrogen) atoms. The SMILES string of the molecule is CCCc1cc(C(=O)O)nc(=O)[nH]1. The van der Waals surface area contributed by atoms with E-state index >= 15 is 0 Å². The molecular formula is C8H10N2O3. The lowest BCUT2D eigenvalue weighted by atomic mass is 10.2. The van der Waals surface area contributed by atoms with Crippen LogP contribution in [0.2, 0.25) is 0 Å². The van der Waals surface area contributed by atoms with Gasteiger partial charge in [-0.05, 0) is 12.5 Å². The van der Waals surface area contributed by atoms with Gasteiger partial charge in [-0.15, -0.1) is 0 Å². The monoisotopic (exact) mass is 182 g/mol. The number of carbonyl (C=O) groups is 1. The molecule has 0 fully saturated rings. The second-order valence-corrected chi connectivity index (χ2v) is 2.65. The number of H-pyrrole nitrogens is 1. The van der Waals surface area contributed by atoms with Gasteiger partial charge in [0.25, 0.3) is 0 Å². The minimum Gasteiger partial charge on any atom is -0.477 e. The maximum Gasteiger partial charge on any atom is 0.354 e. The number of rotatable bonds is 3. The molecule has 0 radical (unpaired) electrons. The summed E-state index contributed by atoms with van der Waals surface area (Å²) in [5.41, 5.74) is -0.199. The number of nitrogens with zero attached hydrogens (tertiary/aromatic N) is 1. The third-order valence-electron chi connectivity index (χ3n) is 1.54. The van der Waals surface area contributed by atoms with Crippen molar-refractivity contribution in [1.82, 2.24) is 9.97 Å². The van der Waals surface area contributed by atoms with Crippen molar-refractivity contribution in [2.45, 2.75) is 19.8 Å². The summed E-state index contributed by atoms with van der Waals surface area (Å²) < 4.78 is 0. The van der Waals surface area contributed by atoms with Crippen LogP contribution in [-0.4, -0.2) is 21.0 Å². The molecule has 1 aromatic heterocycles. The highest BCUT2D eigenvalue weighted by Crippen LogP contribution is 1.98. The number of carboxylic acid groups (broad SMARTS) is 1. The summed E-state index contributed by atoms with van der Waals surface area (Å²) in [4.78, 5) is 27.1. The molecule has 0 atom stereocenters. The summed E-state index contributed by atoms with van der Waals surface area (Å²) in [5.74, 6) is -1.18. The zero-order valence-electron chi connectivity index (χ0n) is 7.20. The van der Waals surface area contributed by atoms with Crippen LogP contribution in [0.25, 0.3) is 0 Å². The first-order chi connectivity index (χ1) is 6.13. The second kappa shape index (κ2) is 3.84. The molecule has 0 aliphatic heterocycles. The molecule has 1 rings (SSSR count). The predicted molar refractivity (Wildman–Crippen MR) is 45.8 cm³/mol. The van der Waals surface area contributed by atoms with Crippen molar-refractivity contribution in [2.24, 2.45) is 0 Å². The fourth-order valence-electron chi connectivity index (χ4n) is 1.02. The molecule has 5 nitrogen and oxygen atoms in total. The Balaban J connectivity index is 3.11. The van der Waals surface area contributed by atoms with Gasteiger partial charge in [0, 0.05) is 5.69 Å². The number of carboxylic acids is 1. The lowest BCUT2D eigenvalue weighted by molar-refractivity contribution is 0.0689. The Hall–Kier alpha value is -1.65. The standard InChI is InChI=1S/C8H10N2O3/c1-2-3-5-4-6(7(11)12)10-8(13)9-5/h4H,2-3H2,1H3,(H,11,12)(H,9,10,13). The first kappa shape index (κ1) is 9.44. The number of hydrogen-bond acceptors (Lipinski definition) is 3. The molecule has 0 bridgehead atoms. The zero-order valence-corrected chi connectivity index (χ0v) is 7.20. The van der Waals surface area contributed by atoms with Crippen LogP contribution in [0.4, 0.5) is 0 Å². The highest BCUT2D eigenvalue weighted by Gasteiger charge is 2.06. The van der Waals surface area contributed by atoms with Crippen LogP contribution in [0, 0.1) is 0 Å². The van der Waals surface area contributed by atoms with Crippen molar-refractivity contribution >= 4 is 5.97 Å². The van der Waals surface area contributed by atoms with Gasteiger partial charge in [0.1, 0.15) is 0 Å². The quantitative estimate of drug-likeness (QED) is 0.709. The van der Waals surface area contributed by atoms with E-state index < -0.39 is 11.7 Å². The first-order valence-corrected chi connectivity index (χ1v) is 3.97. The molecule has 0 aliphatic carbocycles. The Kier molecular flexibility index (Phi) is 2.79. The van der Waals surface area contributed by atoms with Crippen LogP contribution < -0.4 is 5.69 Å². The van der Waals surface area contributed by atoms with Gasteiger partial charge in [-0.3, -0.25) is 0 Å². The fraction of sp³-hybridized carbons (Fsp3) is 0.375. The number of nitrogens with one attached hydrogen (secondary N) is 1. The van der Waals surface area contributed by atoms with Gasteiger partial charge >= 0.3 is 11.7 Å². The smallest absolute Gasteiger partial charge is 0.354 e. The highest BCUT2D eigenvalue weighted by molar-refractivity contribution is 5.85. The number of aryl methyl sites for hydroxylation is 1. The maximum atomic E-state index is 10.9. The van der Waals surface area contributed by atoms with E-state index in [0.717, 1.165) is 6.42 Å². The molecule has 0 saturated heterocycles. The van der Waals surface area contributed by atoms with Gasteiger partial charge in [0.2, 0.25) is 0 Å². The minimum absolute atomic E-state index is 0.202. The largest absolute Gasteiger partial charge is 0.477 e. The molecule has 5 heteroatoms. The molecule has 70 valence electrons. The normalized spacial score (nSPS) is 9.92. The van der Waals surface area contributed by atoms with Gasteiger partial charge in [-0.25, -0.2) is 9.59 Å². The number of aromatic amines is 1. The summed E-state index contributed by atoms with van der Waals surface area (Å²) in [7, 11) is 0. The Morgan fingerprint density at radius 2 is 2.38 bits per heavy atom. The zero-order chi connectivity index (χ0) is 9.84. The third-order valence-corrected chi connectivity index (χ3v) is 1.54. The van der Waals surface area contributed by atoms with Gasteiger partial charge in [-0.2, -0.15) is 4.98 Å². The van der Waals surface area contributed by atoms with Gasteiger partial charge in [-0.1, -0.05) is 13.3 Å². The summed E-state index contributed by atoms with van der Waals surface area (Å²) in [6, 6.07) is 1.38. The van der Waals surface area contributed by atoms with E-state index in [4.69, 9.17) is 5.11 Å². The average molecular weight is 182 g/mol. The van der Waals surface area contributed by atoms with Crippen LogP contribution in [0.15, 0.2) is 10.9 Å². The van der Waals surface area contributed by atoms with Crippen molar-refractivity contribution < 1.29 is 9.90 Å². The lowest BCUT2D eigenvalue weighted by Gasteiger charge is -1.98. The molecule has 0 aromatic carbocycles. The molecule has 0 aliphatic rings. The topological polar surface area (TPSA) is 83.0 Å². The second-order valence-electron chi connectivity index (χ2n) is 2.65. The highest BCUT2D eigenvalue weighted by atomic mass is 16.4. The Morgan fingerprint density at radius 1 is 1.69 bits per heavy atom. The van der Waals surface area contributed by atoms with Gasteiger partial charge in [0.15, 0.2) is 5.69 Å². The number of aromatic nitrogens is 2. The van der Waals surface area contributed by atoms with E-state index in [1.807, 2.05) is 6.92 Å². The van der Waals surface area contributed by atoms with E-state index in [2.05, 4.69) is 9.97 Å². The Morgan fingerprint density at radius 3 is 2.92 bits per heavy atom. The fourth-order valence-corrected chi connectivity index (χ4v) is 1.02. The van der Waals surface area contributed by atoms with Crippen molar-refractivity contribution in [3.63, 3.8) is 0 Å². The lowest BCUT2D eigenvalue weighted by Crippen LogP contribution is -2.17. The number of aromatic carboxylic acids is 1. The van der Waals surface area contributed by atoms with Gasteiger partial charge in [0.05, 0.1) is 0 Å². The molecule has 0 spiro atoms. The minimum atomic E-state index is -1.18. The van der Waals surface area contributed by atoms with E-state index in [1.54, 1.807) is 0 Å². The molecule has 2 N–H and O–H groups in total. The summed E-state index contributed by atoms with van der Waals surface area (Å²) in [6.07, 6.45) is 1.50. The van der Waals surface area contributed by atoms with E-state index in [0.29, 0.717) is 12.1 Å². The van der Waals surface area contributed by atoms with Crippen LogP contribution in [0.5, 0.6) is 0 Å². The molecular weight excluding hydrogens is 172 g/mol. The maximum absolute atomic E-state index is 10.9. The summed E-state index contributed by atoms with van der Waals surface area (Å²) >= 11 is 0. The van der Waals surface area contributed by atoms with Crippen LogP contribution in [0.3, 0.4) is 0 Å². The first-order valence-electron chi connectivity index (χ1n) is 3.97. The Bertz CT molecular complexity index is 370. The van der Waals surface area contributed by atoms with Crippen molar-refractivity contribution in [1.29, 1.82) is 0 Å². The van der Waals surface area contributed by atoms with E-state index in [-0.39, 0.29) is 5.69 Å². The molecule has 0 unspecified atom stereocenters. The Labute approximate surface area is 74.4 Å². The molecule has 0 amide bonds. The number of hydrogen-bond donors (Lipinski definition) is 2. The van der Waals surface area contributed by atoms with Crippen LogP contribution in [-0.2, 0) is 6.42 Å². The van der Waals surface area contributed by atoms with E-state index in [9.17, 15) is 9.59 Å². The summed E-state index contributed by atoms with van der Waals surface area (Å²) in [5, 5.41) is 8.59. The molecule has 0 saturated carbocycles. The van der Waals surface area contributed by atoms with Crippen molar-refractivity contribution in [3.8, 4) is 0 Å². The predicted octanol–water partition coefficient (Wildman–Crippen LogP) is 0.421. The van der Waals surface area contributed by atoms with Crippen LogP contribution in [0.1, 0.15) is 29.5 Å².